The zero-order valence-electron chi connectivity index (χ0n) is 20.2. The van der Waals surface area contributed by atoms with Gasteiger partial charge >= 0.3 is 5.97 Å². The van der Waals surface area contributed by atoms with E-state index in [1.54, 1.807) is 54.6 Å². The molecule has 1 unspecified atom stereocenters. The molecule has 0 fully saturated rings. The van der Waals surface area contributed by atoms with Crippen molar-refractivity contribution in [2.45, 2.75) is 22.3 Å². The molecule has 0 radical (unpaired) electrons. The van der Waals surface area contributed by atoms with Gasteiger partial charge < -0.3 is 20.3 Å². The number of nitrogens with one attached hydrogen (secondary N) is 1. The molecule has 9 heteroatoms. The Bertz CT molecular complexity index is 1510. The normalized spacial score (nSPS) is 12.2. The Morgan fingerprint density at radius 1 is 0.868 bits per heavy atom. The fourth-order valence-corrected chi connectivity index (χ4v) is 5.28. The lowest BCUT2D eigenvalue weighted by Gasteiger charge is -2.13. The average molecular weight is 552 g/mol. The first-order chi connectivity index (χ1) is 18.2. The third-order valence-electron chi connectivity index (χ3n) is 5.85. The van der Waals surface area contributed by atoms with Gasteiger partial charge in [-0.2, -0.15) is 0 Å². The molecule has 0 spiro atoms. The van der Waals surface area contributed by atoms with Gasteiger partial charge in [0, 0.05) is 11.6 Å². The predicted octanol–water partition coefficient (Wildman–Crippen LogP) is 5.53. The van der Waals surface area contributed by atoms with Crippen LogP contribution in [0.2, 0.25) is 5.02 Å². The molecule has 0 saturated heterocycles. The summed E-state index contributed by atoms with van der Waals surface area (Å²) in [7, 11) is -3.78. The molecule has 0 amide bonds. The number of aromatic carboxylic acids is 1. The number of sulfone groups is 1. The van der Waals surface area contributed by atoms with Gasteiger partial charge in [0.2, 0.25) is 9.84 Å². The van der Waals surface area contributed by atoms with Crippen molar-refractivity contribution in [2.24, 2.45) is 0 Å². The molecule has 0 heterocycles. The lowest BCUT2D eigenvalue weighted by Crippen LogP contribution is -2.23. The van der Waals surface area contributed by atoms with Crippen LogP contribution >= 0.6 is 11.6 Å². The molecule has 4 rings (SSSR count). The van der Waals surface area contributed by atoms with E-state index in [0.29, 0.717) is 36.0 Å². The summed E-state index contributed by atoms with van der Waals surface area (Å²) in [5.41, 5.74) is 1.82. The van der Waals surface area contributed by atoms with Crippen LogP contribution < -0.4 is 10.1 Å². The highest BCUT2D eigenvalue weighted by Crippen LogP contribution is 2.28. The molecule has 4 aromatic carbocycles. The van der Waals surface area contributed by atoms with E-state index in [-0.39, 0.29) is 15.4 Å². The Morgan fingerprint density at radius 2 is 1.58 bits per heavy atom. The molecular weight excluding hydrogens is 526 g/mol. The smallest absolute Gasteiger partial charge is 0.335 e. The summed E-state index contributed by atoms with van der Waals surface area (Å²) in [6.07, 6.45) is -0.0166. The quantitative estimate of drug-likeness (QED) is 0.210. The van der Waals surface area contributed by atoms with Crippen LogP contribution in [-0.4, -0.2) is 37.7 Å². The van der Waals surface area contributed by atoms with Crippen molar-refractivity contribution in [1.29, 1.82) is 0 Å². The van der Waals surface area contributed by atoms with Crippen molar-refractivity contribution in [3.63, 3.8) is 0 Å². The highest BCUT2D eigenvalue weighted by atomic mass is 35.5. The summed E-state index contributed by atoms with van der Waals surface area (Å²) < 4.78 is 32.1. The molecule has 196 valence electrons. The summed E-state index contributed by atoms with van der Waals surface area (Å²) in [5, 5.41) is 23.1. The maximum Gasteiger partial charge on any atom is 0.335 e. The van der Waals surface area contributed by atoms with Crippen LogP contribution in [-0.2, 0) is 16.3 Å². The first kappa shape index (κ1) is 27.3. The number of carboxylic acid groups (broad SMARTS) is 1. The fraction of sp³-hybridized carbons (Fsp3) is 0.138. The van der Waals surface area contributed by atoms with Gasteiger partial charge in [-0.15, -0.1) is 0 Å². The summed E-state index contributed by atoms with van der Waals surface area (Å²) in [4.78, 5) is 11.3. The van der Waals surface area contributed by atoms with Gasteiger partial charge in [-0.1, -0.05) is 41.9 Å². The van der Waals surface area contributed by atoms with Gasteiger partial charge in [0.25, 0.3) is 0 Å². The van der Waals surface area contributed by atoms with Crippen LogP contribution in [0.1, 0.15) is 27.6 Å². The lowest BCUT2D eigenvalue weighted by molar-refractivity contribution is 0.0697. The summed E-state index contributed by atoms with van der Waals surface area (Å²) in [6, 6.07) is 25.8. The van der Waals surface area contributed by atoms with E-state index >= 15 is 0 Å². The van der Waals surface area contributed by atoms with Crippen molar-refractivity contribution < 1.29 is 28.2 Å². The molecule has 4 aromatic rings. The number of hydrogen-bond acceptors (Lipinski definition) is 6. The number of ether oxygens (including phenoxy) is 1. The summed E-state index contributed by atoms with van der Waals surface area (Å²) in [6.45, 7) is 0.978. The zero-order chi connectivity index (χ0) is 27.1. The van der Waals surface area contributed by atoms with E-state index in [1.165, 1.54) is 36.4 Å². The Morgan fingerprint density at radius 3 is 2.26 bits per heavy atom. The van der Waals surface area contributed by atoms with E-state index < -0.39 is 21.9 Å². The number of carboxylic acids is 1. The summed E-state index contributed by atoms with van der Waals surface area (Å²) >= 11 is 5.97. The lowest BCUT2D eigenvalue weighted by atomic mass is 10.1. The molecule has 0 aliphatic rings. The first-order valence-corrected chi connectivity index (χ1v) is 13.7. The molecule has 1 atom stereocenters. The molecule has 0 aliphatic carbocycles. The minimum absolute atomic E-state index is 0.0848. The van der Waals surface area contributed by atoms with E-state index in [4.69, 9.17) is 21.4 Å². The third kappa shape index (κ3) is 6.99. The van der Waals surface area contributed by atoms with Crippen molar-refractivity contribution in [2.75, 3.05) is 13.1 Å². The van der Waals surface area contributed by atoms with Crippen LogP contribution in [0.5, 0.6) is 11.5 Å². The van der Waals surface area contributed by atoms with E-state index in [0.717, 1.165) is 11.1 Å². The van der Waals surface area contributed by atoms with Gasteiger partial charge in [-0.3, -0.25) is 0 Å². The number of aliphatic hydroxyl groups is 1. The summed E-state index contributed by atoms with van der Waals surface area (Å²) in [5.74, 6) is -0.334. The standard InChI is InChI=1S/C29H26ClNO6S/c30-23-4-1-3-22(17-23)28(32)19-31-16-15-20-7-13-26(14-8-20)38(35,36)27-6-2-5-25(18-27)37-24-11-9-21(10-12-24)29(33)34/h1-14,17-18,28,31-32H,15-16,19H2,(H,33,34). The maximum atomic E-state index is 13.2. The molecule has 0 aliphatic heterocycles. The first-order valence-electron chi connectivity index (χ1n) is 11.8. The van der Waals surface area contributed by atoms with Crippen LogP contribution in [0.3, 0.4) is 0 Å². The number of carbonyl (C=O) groups is 1. The highest BCUT2D eigenvalue weighted by molar-refractivity contribution is 7.91. The second-order valence-corrected chi connectivity index (χ2v) is 11.0. The monoisotopic (exact) mass is 551 g/mol. The van der Waals surface area contributed by atoms with Gasteiger partial charge in [0.1, 0.15) is 11.5 Å². The van der Waals surface area contributed by atoms with E-state index in [2.05, 4.69) is 5.32 Å². The molecule has 3 N–H and O–H groups in total. The Labute approximate surface area is 226 Å². The molecule has 7 nitrogen and oxygen atoms in total. The van der Waals surface area contributed by atoms with Crippen LogP contribution in [0.4, 0.5) is 0 Å². The molecule has 0 bridgehead atoms. The van der Waals surface area contributed by atoms with Gasteiger partial charge in [-0.25, -0.2) is 13.2 Å². The topological polar surface area (TPSA) is 113 Å². The van der Waals surface area contributed by atoms with Gasteiger partial charge in [-0.05, 0) is 90.8 Å². The average Bonchev–Trinajstić information content (AvgIpc) is 2.92. The van der Waals surface area contributed by atoms with Crippen LogP contribution in [0, 0.1) is 0 Å². The van der Waals surface area contributed by atoms with Crippen molar-refractivity contribution in [3.8, 4) is 11.5 Å². The number of benzene rings is 4. The minimum atomic E-state index is -3.78. The Kier molecular flexibility index (Phi) is 8.81. The predicted molar refractivity (Wildman–Crippen MR) is 145 cm³/mol. The second kappa shape index (κ2) is 12.2. The van der Waals surface area contributed by atoms with E-state index in [9.17, 15) is 18.3 Å². The largest absolute Gasteiger partial charge is 0.478 e. The number of hydrogen-bond donors (Lipinski definition) is 3. The van der Waals surface area contributed by atoms with E-state index in [1.807, 2.05) is 6.07 Å². The third-order valence-corrected chi connectivity index (χ3v) is 7.85. The van der Waals surface area contributed by atoms with Crippen molar-refractivity contribution >= 4 is 27.4 Å². The van der Waals surface area contributed by atoms with Gasteiger partial charge in [0.05, 0.1) is 21.5 Å². The molecule has 0 saturated carbocycles. The minimum Gasteiger partial charge on any atom is -0.478 e. The zero-order valence-corrected chi connectivity index (χ0v) is 21.8. The maximum absolute atomic E-state index is 13.2. The molecular formula is C29H26ClNO6S. The second-order valence-electron chi connectivity index (χ2n) is 8.58. The Hall–Kier alpha value is -3.69. The van der Waals surface area contributed by atoms with Crippen LogP contribution in [0.15, 0.2) is 107 Å². The van der Waals surface area contributed by atoms with Crippen molar-refractivity contribution in [3.05, 3.63) is 119 Å². The number of aliphatic hydroxyl groups excluding tert-OH is 1. The molecule has 38 heavy (non-hydrogen) atoms. The number of halogens is 1. The number of rotatable bonds is 11. The molecule has 0 aromatic heterocycles. The van der Waals surface area contributed by atoms with Crippen LogP contribution in [0.25, 0.3) is 0 Å². The SMILES string of the molecule is O=C(O)c1ccc(Oc2cccc(S(=O)(=O)c3ccc(CCNCC(O)c4cccc(Cl)c4)cc3)c2)cc1. The van der Waals surface area contributed by atoms with Gasteiger partial charge in [0.15, 0.2) is 0 Å². The highest BCUT2D eigenvalue weighted by Gasteiger charge is 2.18. The fourth-order valence-electron chi connectivity index (χ4n) is 3.78. The Balaban J connectivity index is 1.35. The van der Waals surface area contributed by atoms with Crippen molar-refractivity contribution in [1.82, 2.24) is 5.32 Å².